The van der Waals surface area contributed by atoms with Crippen LogP contribution in [0.25, 0.3) is 10.9 Å². The van der Waals surface area contributed by atoms with Gasteiger partial charge in [0.25, 0.3) is 11.8 Å². The number of pyridine rings is 1. The molecule has 3 N–H and O–H groups in total. The zero-order valence-corrected chi connectivity index (χ0v) is 20.9. The van der Waals surface area contributed by atoms with Crippen molar-refractivity contribution in [2.75, 3.05) is 13.1 Å². The predicted octanol–water partition coefficient (Wildman–Crippen LogP) is 2.97. The molecule has 0 saturated carbocycles. The second kappa shape index (κ2) is 11.5. The Morgan fingerprint density at radius 3 is 2.45 bits per heavy atom. The van der Waals surface area contributed by atoms with Gasteiger partial charge in [-0.05, 0) is 43.3 Å². The molecule has 14 heteroatoms. The topological polar surface area (TPSA) is 147 Å². The molecule has 1 fully saturated rings. The molecule has 2 aromatic carbocycles. The Hall–Kier alpha value is -4.88. The van der Waals surface area contributed by atoms with Crippen LogP contribution >= 0.6 is 0 Å². The Bertz CT molecular complexity index is 1450. The van der Waals surface area contributed by atoms with Gasteiger partial charge in [-0.15, -0.1) is 0 Å². The fourth-order valence-corrected chi connectivity index (χ4v) is 4.23. The SMILES string of the molecule is Cc1cc(COc2ccc(C(=O)N[C@@H]3CN(C(=O)O)C[C@@H]3C(=O)NOC(=O)C(F)(F)F)cc2)c2ccccc2n1. The molecular weight excluding hydrogens is 537 g/mol. The van der Waals surface area contributed by atoms with Crippen molar-refractivity contribution < 1.29 is 47.0 Å². The van der Waals surface area contributed by atoms with E-state index in [1.807, 2.05) is 37.3 Å². The molecule has 4 rings (SSSR count). The largest absolute Gasteiger partial charge is 0.493 e. The van der Waals surface area contributed by atoms with E-state index in [0.717, 1.165) is 27.1 Å². The molecule has 3 amide bonds. The molecule has 1 aliphatic heterocycles. The van der Waals surface area contributed by atoms with E-state index in [1.165, 1.54) is 17.6 Å². The van der Waals surface area contributed by atoms with Gasteiger partial charge in [0, 0.05) is 35.3 Å². The van der Waals surface area contributed by atoms with Crippen molar-refractivity contribution in [1.29, 1.82) is 0 Å². The van der Waals surface area contributed by atoms with E-state index in [-0.39, 0.29) is 18.7 Å². The van der Waals surface area contributed by atoms with Crippen LogP contribution in [0.1, 0.15) is 21.6 Å². The number of carbonyl (C=O) groups is 4. The molecule has 3 aromatic rings. The fraction of sp³-hybridized carbons (Fsp3) is 0.269. The van der Waals surface area contributed by atoms with E-state index in [9.17, 15) is 37.5 Å². The van der Waals surface area contributed by atoms with Gasteiger partial charge >= 0.3 is 18.2 Å². The van der Waals surface area contributed by atoms with Crippen LogP contribution in [-0.2, 0) is 21.0 Å². The number of fused-ring (bicyclic) bond motifs is 1. The molecule has 11 nitrogen and oxygen atoms in total. The number of alkyl halides is 3. The van der Waals surface area contributed by atoms with Gasteiger partial charge in [0.15, 0.2) is 0 Å². The quantitative estimate of drug-likeness (QED) is 0.390. The lowest BCUT2D eigenvalue weighted by Gasteiger charge is -2.19. The van der Waals surface area contributed by atoms with Crippen LogP contribution in [-0.4, -0.2) is 64.2 Å². The van der Waals surface area contributed by atoms with Crippen molar-refractivity contribution in [2.24, 2.45) is 5.92 Å². The summed E-state index contributed by atoms with van der Waals surface area (Å²) in [4.78, 5) is 56.5. The Balaban J connectivity index is 1.39. The number of aryl methyl sites for hydroxylation is 1. The molecule has 2 atom stereocenters. The lowest BCUT2D eigenvalue weighted by Crippen LogP contribution is -2.47. The van der Waals surface area contributed by atoms with E-state index in [1.54, 1.807) is 12.1 Å². The summed E-state index contributed by atoms with van der Waals surface area (Å²) in [5.74, 6) is -5.36. The third kappa shape index (κ3) is 6.57. The van der Waals surface area contributed by atoms with E-state index in [2.05, 4.69) is 15.1 Å². The number of rotatable bonds is 6. The zero-order valence-electron chi connectivity index (χ0n) is 20.9. The number of nitrogens with one attached hydrogen (secondary N) is 2. The van der Waals surface area contributed by atoms with Gasteiger partial charge in [-0.3, -0.25) is 14.6 Å². The summed E-state index contributed by atoms with van der Waals surface area (Å²) >= 11 is 0. The maximum Gasteiger partial charge on any atom is 0.493 e. The molecule has 1 aliphatic rings. The zero-order chi connectivity index (χ0) is 29.0. The second-order valence-corrected chi connectivity index (χ2v) is 8.98. The first-order valence-corrected chi connectivity index (χ1v) is 11.9. The van der Waals surface area contributed by atoms with Gasteiger partial charge < -0.3 is 24.9 Å². The average Bonchev–Trinajstić information content (AvgIpc) is 3.34. The van der Waals surface area contributed by atoms with Crippen LogP contribution < -0.4 is 15.5 Å². The van der Waals surface area contributed by atoms with E-state index in [0.29, 0.717) is 5.75 Å². The van der Waals surface area contributed by atoms with Crippen molar-refractivity contribution in [1.82, 2.24) is 20.7 Å². The number of hydrogen-bond donors (Lipinski definition) is 3. The lowest BCUT2D eigenvalue weighted by atomic mass is 10.0. The highest BCUT2D eigenvalue weighted by Gasteiger charge is 2.44. The summed E-state index contributed by atoms with van der Waals surface area (Å²) in [6, 6.07) is 14.5. The van der Waals surface area contributed by atoms with Gasteiger partial charge in [-0.2, -0.15) is 18.7 Å². The third-order valence-corrected chi connectivity index (χ3v) is 6.16. The maximum absolute atomic E-state index is 12.8. The summed E-state index contributed by atoms with van der Waals surface area (Å²) < 4.78 is 42.9. The van der Waals surface area contributed by atoms with Crippen molar-refractivity contribution in [3.05, 3.63) is 71.4 Å². The number of nitrogens with zero attached hydrogens (tertiary/aromatic N) is 2. The molecule has 210 valence electrons. The average molecular weight is 560 g/mol. The summed E-state index contributed by atoms with van der Waals surface area (Å²) in [6.07, 6.45) is -6.74. The Labute approximate surface area is 224 Å². The minimum atomic E-state index is -5.34. The number of hydrogen-bond acceptors (Lipinski definition) is 7. The summed E-state index contributed by atoms with van der Waals surface area (Å²) in [7, 11) is 0. The number of halogens is 3. The molecule has 0 radical (unpaired) electrons. The van der Waals surface area contributed by atoms with E-state index < -0.39 is 48.6 Å². The number of aromatic nitrogens is 1. The number of amides is 3. The van der Waals surface area contributed by atoms with E-state index >= 15 is 0 Å². The number of benzene rings is 2. The molecule has 1 saturated heterocycles. The van der Waals surface area contributed by atoms with Crippen molar-refractivity contribution >= 4 is 34.8 Å². The highest BCUT2D eigenvalue weighted by atomic mass is 19.4. The first kappa shape index (κ1) is 28.1. The number of para-hydroxylation sites is 1. The molecule has 40 heavy (non-hydrogen) atoms. The Morgan fingerprint density at radius 1 is 1.07 bits per heavy atom. The molecule has 0 aliphatic carbocycles. The summed E-state index contributed by atoms with van der Waals surface area (Å²) in [5.41, 5.74) is 4.15. The predicted molar refractivity (Wildman–Crippen MR) is 132 cm³/mol. The van der Waals surface area contributed by atoms with Crippen LogP contribution in [0.4, 0.5) is 18.0 Å². The van der Waals surface area contributed by atoms with Crippen LogP contribution in [0, 0.1) is 12.8 Å². The van der Waals surface area contributed by atoms with Gasteiger partial charge in [0.2, 0.25) is 0 Å². The lowest BCUT2D eigenvalue weighted by molar-refractivity contribution is -0.207. The number of carboxylic acid groups (broad SMARTS) is 1. The van der Waals surface area contributed by atoms with Crippen LogP contribution in [0.5, 0.6) is 5.75 Å². The minimum Gasteiger partial charge on any atom is -0.489 e. The molecule has 1 aromatic heterocycles. The third-order valence-electron chi connectivity index (χ3n) is 6.16. The van der Waals surface area contributed by atoms with Crippen LogP contribution in [0.3, 0.4) is 0 Å². The molecule has 0 unspecified atom stereocenters. The van der Waals surface area contributed by atoms with Gasteiger partial charge in [0.1, 0.15) is 12.4 Å². The van der Waals surface area contributed by atoms with Crippen LogP contribution in [0.2, 0.25) is 0 Å². The van der Waals surface area contributed by atoms with Crippen molar-refractivity contribution in [2.45, 2.75) is 25.7 Å². The smallest absolute Gasteiger partial charge is 0.489 e. The van der Waals surface area contributed by atoms with Crippen molar-refractivity contribution in [3.8, 4) is 5.75 Å². The maximum atomic E-state index is 12.8. The van der Waals surface area contributed by atoms with Crippen LogP contribution in [0.15, 0.2) is 54.6 Å². The normalized spacial score (nSPS) is 16.9. The number of ether oxygens (including phenoxy) is 1. The first-order chi connectivity index (χ1) is 18.9. The molecule has 0 bridgehead atoms. The Morgan fingerprint density at radius 2 is 1.77 bits per heavy atom. The van der Waals surface area contributed by atoms with Gasteiger partial charge in [0.05, 0.1) is 17.5 Å². The molecule has 2 heterocycles. The van der Waals surface area contributed by atoms with E-state index in [4.69, 9.17) is 4.74 Å². The highest BCUT2D eigenvalue weighted by molar-refractivity contribution is 5.95. The number of likely N-dealkylation sites (tertiary alicyclic amines) is 1. The molecular formula is C26H23F3N4O7. The standard InChI is InChI=1S/C26H23F3N4O7/c1-14-10-16(18-4-2-3-5-20(18)30-14)13-39-17-8-6-15(7-9-17)22(34)31-21-12-33(25(37)38)11-19(21)23(35)32-40-24(36)26(27,28)29/h2-10,19,21H,11-13H2,1H3,(H,31,34)(H,32,35)(H,37,38)/t19-,21+/m0/s1. The fourth-order valence-electron chi connectivity index (χ4n) is 4.23. The highest BCUT2D eigenvalue weighted by Crippen LogP contribution is 2.22. The number of carbonyl (C=O) groups excluding carboxylic acids is 3. The monoisotopic (exact) mass is 560 g/mol. The summed E-state index contributed by atoms with van der Waals surface area (Å²) in [6.45, 7) is 1.38. The Kier molecular flexibility index (Phi) is 8.07. The number of hydroxylamine groups is 1. The van der Waals surface area contributed by atoms with Gasteiger partial charge in [-0.1, -0.05) is 18.2 Å². The minimum absolute atomic E-state index is 0.161. The van der Waals surface area contributed by atoms with Crippen molar-refractivity contribution in [3.63, 3.8) is 0 Å². The first-order valence-electron chi connectivity index (χ1n) is 11.9. The molecule has 0 spiro atoms. The second-order valence-electron chi connectivity index (χ2n) is 8.98. The summed E-state index contributed by atoms with van der Waals surface area (Å²) in [5, 5.41) is 12.7. The van der Waals surface area contributed by atoms with Gasteiger partial charge in [-0.25, -0.2) is 9.59 Å².